The molecule has 0 aliphatic carbocycles. The molecular weight excluding hydrogens is 226 g/mol. The molecule has 0 aliphatic heterocycles. The molecule has 3 nitrogen and oxygen atoms in total. The predicted molar refractivity (Wildman–Crippen MR) is 74.9 cm³/mol. The Balaban J connectivity index is 1.96. The van der Waals surface area contributed by atoms with Crippen LogP contribution in [-0.4, -0.2) is 30.9 Å². The molecule has 0 aliphatic rings. The second-order valence-corrected chi connectivity index (χ2v) is 5.00. The number of hydrogen-bond donors (Lipinski definition) is 2. The first kappa shape index (κ1) is 15.0. The molecule has 0 saturated heterocycles. The highest BCUT2D eigenvalue weighted by Crippen LogP contribution is 2.08. The monoisotopic (exact) mass is 251 g/mol. The van der Waals surface area contributed by atoms with Crippen molar-refractivity contribution in [2.45, 2.75) is 32.8 Å². The second-order valence-electron chi connectivity index (χ2n) is 5.00. The van der Waals surface area contributed by atoms with Crippen LogP contribution in [0.1, 0.15) is 26.7 Å². The third-order valence-corrected chi connectivity index (χ3v) is 2.63. The standard InChI is InChI=1S/C15H25NO2/c1-13(2)11-14(17)12-16-9-6-10-18-15-7-4-3-5-8-15/h3-5,7-8,13-14,16-17H,6,9-12H2,1-2H3. The quantitative estimate of drug-likeness (QED) is 0.662. The Hall–Kier alpha value is -1.06. The molecule has 1 aromatic carbocycles. The summed E-state index contributed by atoms with van der Waals surface area (Å²) in [6.45, 7) is 6.50. The molecule has 0 spiro atoms. The van der Waals surface area contributed by atoms with Crippen molar-refractivity contribution in [2.24, 2.45) is 5.92 Å². The molecule has 0 aromatic heterocycles. The number of nitrogens with one attached hydrogen (secondary N) is 1. The van der Waals surface area contributed by atoms with Crippen molar-refractivity contribution in [3.05, 3.63) is 30.3 Å². The first-order valence-electron chi connectivity index (χ1n) is 6.75. The van der Waals surface area contributed by atoms with Gasteiger partial charge in [0.1, 0.15) is 5.75 Å². The van der Waals surface area contributed by atoms with Crippen molar-refractivity contribution in [1.29, 1.82) is 0 Å². The molecular formula is C15H25NO2. The van der Waals surface area contributed by atoms with E-state index in [1.165, 1.54) is 0 Å². The minimum atomic E-state index is -0.236. The van der Waals surface area contributed by atoms with Crippen LogP contribution in [0.3, 0.4) is 0 Å². The van der Waals surface area contributed by atoms with Crippen molar-refractivity contribution in [2.75, 3.05) is 19.7 Å². The highest BCUT2D eigenvalue weighted by Gasteiger charge is 2.05. The Labute approximate surface area is 110 Å². The fourth-order valence-electron chi connectivity index (χ4n) is 1.80. The Kier molecular flexibility index (Phi) is 7.46. The van der Waals surface area contributed by atoms with Gasteiger partial charge in [-0.2, -0.15) is 0 Å². The lowest BCUT2D eigenvalue weighted by atomic mass is 10.1. The second kappa shape index (κ2) is 8.95. The van der Waals surface area contributed by atoms with Crippen molar-refractivity contribution >= 4 is 0 Å². The van der Waals surface area contributed by atoms with Crippen LogP contribution >= 0.6 is 0 Å². The van der Waals surface area contributed by atoms with Gasteiger partial charge in [-0.3, -0.25) is 0 Å². The number of aliphatic hydroxyl groups excluding tert-OH is 1. The van der Waals surface area contributed by atoms with Gasteiger partial charge in [-0.25, -0.2) is 0 Å². The zero-order valence-electron chi connectivity index (χ0n) is 11.4. The molecule has 0 bridgehead atoms. The van der Waals surface area contributed by atoms with Gasteiger partial charge in [0.05, 0.1) is 12.7 Å². The number of aliphatic hydroxyl groups is 1. The molecule has 1 aromatic rings. The molecule has 1 rings (SSSR count). The summed E-state index contributed by atoms with van der Waals surface area (Å²) in [5.74, 6) is 1.46. The molecule has 102 valence electrons. The van der Waals surface area contributed by atoms with Gasteiger partial charge in [0.25, 0.3) is 0 Å². The summed E-state index contributed by atoms with van der Waals surface area (Å²) in [7, 11) is 0. The van der Waals surface area contributed by atoms with Crippen LogP contribution < -0.4 is 10.1 Å². The van der Waals surface area contributed by atoms with Crippen LogP contribution in [0.5, 0.6) is 5.75 Å². The third-order valence-electron chi connectivity index (χ3n) is 2.63. The normalized spacial score (nSPS) is 12.7. The average molecular weight is 251 g/mol. The molecule has 18 heavy (non-hydrogen) atoms. The molecule has 1 unspecified atom stereocenters. The summed E-state index contributed by atoms with van der Waals surface area (Å²) in [5.41, 5.74) is 0. The van der Waals surface area contributed by atoms with Gasteiger partial charge < -0.3 is 15.2 Å². The maximum atomic E-state index is 9.66. The SMILES string of the molecule is CC(C)CC(O)CNCCCOc1ccccc1. The number of para-hydroxylation sites is 1. The van der Waals surface area contributed by atoms with E-state index in [2.05, 4.69) is 19.2 Å². The van der Waals surface area contributed by atoms with E-state index >= 15 is 0 Å². The minimum absolute atomic E-state index is 0.236. The first-order chi connectivity index (χ1) is 8.68. The van der Waals surface area contributed by atoms with Crippen LogP contribution in [0.15, 0.2) is 30.3 Å². The van der Waals surface area contributed by atoms with Crippen LogP contribution in [-0.2, 0) is 0 Å². The van der Waals surface area contributed by atoms with Crippen molar-refractivity contribution in [3.63, 3.8) is 0 Å². The molecule has 2 N–H and O–H groups in total. The lowest BCUT2D eigenvalue weighted by Crippen LogP contribution is -2.29. The Morgan fingerprint density at radius 3 is 2.61 bits per heavy atom. The summed E-state index contributed by atoms with van der Waals surface area (Å²) in [6.07, 6.45) is 1.57. The number of benzene rings is 1. The highest BCUT2D eigenvalue weighted by molar-refractivity contribution is 5.20. The van der Waals surface area contributed by atoms with E-state index in [1.54, 1.807) is 0 Å². The van der Waals surface area contributed by atoms with E-state index in [0.717, 1.165) is 25.1 Å². The van der Waals surface area contributed by atoms with E-state index < -0.39 is 0 Å². The maximum Gasteiger partial charge on any atom is 0.119 e. The van der Waals surface area contributed by atoms with Gasteiger partial charge in [0.2, 0.25) is 0 Å². The van der Waals surface area contributed by atoms with Gasteiger partial charge in [0, 0.05) is 6.54 Å². The smallest absolute Gasteiger partial charge is 0.119 e. The van der Waals surface area contributed by atoms with Gasteiger partial charge in [0.15, 0.2) is 0 Å². The number of rotatable bonds is 9. The minimum Gasteiger partial charge on any atom is -0.494 e. The van der Waals surface area contributed by atoms with E-state index in [9.17, 15) is 5.11 Å². The molecule has 3 heteroatoms. The molecule has 0 heterocycles. The van der Waals surface area contributed by atoms with Crippen LogP contribution in [0.4, 0.5) is 0 Å². The van der Waals surface area contributed by atoms with Crippen LogP contribution in [0.25, 0.3) is 0 Å². The zero-order valence-corrected chi connectivity index (χ0v) is 11.4. The summed E-state index contributed by atoms with van der Waals surface area (Å²) in [6, 6.07) is 9.83. The largest absolute Gasteiger partial charge is 0.494 e. The topological polar surface area (TPSA) is 41.5 Å². The van der Waals surface area contributed by atoms with E-state index in [4.69, 9.17) is 4.74 Å². The average Bonchev–Trinajstić information content (AvgIpc) is 2.34. The zero-order chi connectivity index (χ0) is 13.2. The summed E-state index contributed by atoms with van der Waals surface area (Å²) in [5, 5.41) is 12.9. The lowest BCUT2D eigenvalue weighted by Gasteiger charge is -2.13. The lowest BCUT2D eigenvalue weighted by molar-refractivity contribution is 0.146. The fraction of sp³-hybridized carbons (Fsp3) is 0.600. The molecule has 0 fully saturated rings. The van der Waals surface area contributed by atoms with Gasteiger partial charge in [-0.1, -0.05) is 32.0 Å². The Morgan fingerprint density at radius 1 is 1.22 bits per heavy atom. The third kappa shape index (κ3) is 7.30. The van der Waals surface area contributed by atoms with E-state index in [0.29, 0.717) is 19.1 Å². The molecule has 0 radical (unpaired) electrons. The van der Waals surface area contributed by atoms with Gasteiger partial charge in [-0.05, 0) is 37.4 Å². The Bertz CT molecular complexity index is 301. The molecule has 0 amide bonds. The van der Waals surface area contributed by atoms with Crippen molar-refractivity contribution < 1.29 is 9.84 Å². The van der Waals surface area contributed by atoms with E-state index in [-0.39, 0.29) is 6.10 Å². The number of hydrogen-bond acceptors (Lipinski definition) is 3. The summed E-state index contributed by atoms with van der Waals surface area (Å²) >= 11 is 0. The Morgan fingerprint density at radius 2 is 1.94 bits per heavy atom. The molecule has 1 atom stereocenters. The van der Waals surface area contributed by atoms with Gasteiger partial charge in [-0.15, -0.1) is 0 Å². The fourth-order valence-corrected chi connectivity index (χ4v) is 1.80. The van der Waals surface area contributed by atoms with Crippen molar-refractivity contribution in [3.8, 4) is 5.75 Å². The van der Waals surface area contributed by atoms with Crippen LogP contribution in [0, 0.1) is 5.92 Å². The maximum absolute atomic E-state index is 9.66. The first-order valence-corrected chi connectivity index (χ1v) is 6.75. The van der Waals surface area contributed by atoms with E-state index in [1.807, 2.05) is 30.3 Å². The predicted octanol–water partition coefficient (Wildman–Crippen LogP) is 2.45. The highest BCUT2D eigenvalue weighted by atomic mass is 16.5. The number of ether oxygens (including phenoxy) is 1. The molecule has 0 saturated carbocycles. The van der Waals surface area contributed by atoms with Gasteiger partial charge >= 0.3 is 0 Å². The summed E-state index contributed by atoms with van der Waals surface area (Å²) < 4.78 is 5.58. The van der Waals surface area contributed by atoms with Crippen molar-refractivity contribution in [1.82, 2.24) is 5.32 Å². The van der Waals surface area contributed by atoms with Crippen LogP contribution in [0.2, 0.25) is 0 Å². The summed E-state index contributed by atoms with van der Waals surface area (Å²) in [4.78, 5) is 0.